The predicted octanol–water partition coefficient (Wildman–Crippen LogP) is 2.00. The average molecular weight is 334 g/mol. The van der Waals surface area contributed by atoms with Crippen molar-refractivity contribution in [3.05, 3.63) is 48.1 Å². The number of hydrogen-bond acceptors (Lipinski definition) is 4. The largest absolute Gasteiger partial charge is 0.391 e. The van der Waals surface area contributed by atoms with Crippen LogP contribution in [-0.2, 0) is 6.54 Å². The van der Waals surface area contributed by atoms with Crippen LogP contribution in [0.4, 0.5) is 8.78 Å². The lowest BCUT2D eigenvalue weighted by Crippen LogP contribution is -2.36. The summed E-state index contributed by atoms with van der Waals surface area (Å²) in [5.74, 6) is -0.203. The van der Waals surface area contributed by atoms with Gasteiger partial charge in [-0.15, -0.1) is 0 Å². The Morgan fingerprint density at radius 1 is 1.08 bits per heavy atom. The monoisotopic (exact) mass is 334 g/mol. The number of halogens is 2. The van der Waals surface area contributed by atoms with Gasteiger partial charge in [-0.3, -0.25) is 4.90 Å². The second kappa shape index (κ2) is 6.22. The van der Waals surface area contributed by atoms with Gasteiger partial charge < -0.3 is 5.11 Å². The van der Waals surface area contributed by atoms with Crippen LogP contribution in [-0.4, -0.2) is 44.0 Å². The highest BCUT2D eigenvalue weighted by Gasteiger charge is 2.42. The average Bonchev–Trinajstić information content (AvgIpc) is 3.13. The van der Waals surface area contributed by atoms with Gasteiger partial charge in [0, 0.05) is 25.7 Å². The standard InChI is InChI=1S/C17H20F2N4O/c18-14-1-11(2-15(19)5-14)6-22-7-12-3-16(23-10-20-9-21-23)17(24)4-13(12)8-22/h1-2,5,9-10,12-13,16-17,24H,3-4,6-8H2/t12-,13+,16-,17-/m1/s1. The summed E-state index contributed by atoms with van der Waals surface area (Å²) in [6, 6.07) is 3.63. The zero-order valence-electron chi connectivity index (χ0n) is 13.2. The summed E-state index contributed by atoms with van der Waals surface area (Å²) >= 11 is 0. The van der Waals surface area contributed by atoms with Crippen molar-refractivity contribution in [1.29, 1.82) is 0 Å². The Labute approximate surface area is 138 Å². The van der Waals surface area contributed by atoms with E-state index in [4.69, 9.17) is 0 Å². The second-order valence-electron chi connectivity index (χ2n) is 6.97. The van der Waals surface area contributed by atoms with Gasteiger partial charge in [-0.25, -0.2) is 18.4 Å². The van der Waals surface area contributed by atoms with Gasteiger partial charge in [-0.1, -0.05) is 0 Å². The zero-order chi connectivity index (χ0) is 16.7. The summed E-state index contributed by atoms with van der Waals surface area (Å²) in [5.41, 5.74) is 0.652. The van der Waals surface area contributed by atoms with Crippen LogP contribution >= 0.6 is 0 Å². The Kier molecular flexibility index (Phi) is 4.05. The number of hydrogen-bond donors (Lipinski definition) is 1. The number of rotatable bonds is 3. The Bertz CT molecular complexity index is 688. The summed E-state index contributed by atoms with van der Waals surface area (Å²) in [4.78, 5) is 6.19. The number of nitrogens with zero attached hydrogens (tertiary/aromatic N) is 4. The van der Waals surface area contributed by atoms with Crippen LogP contribution in [0.5, 0.6) is 0 Å². The van der Waals surface area contributed by atoms with Gasteiger partial charge >= 0.3 is 0 Å². The first-order valence-electron chi connectivity index (χ1n) is 8.28. The van der Waals surface area contributed by atoms with E-state index < -0.39 is 17.7 Å². The lowest BCUT2D eigenvalue weighted by molar-refractivity contribution is 0.0304. The molecule has 7 heteroatoms. The van der Waals surface area contributed by atoms with Gasteiger partial charge in [-0.05, 0) is 42.4 Å². The lowest BCUT2D eigenvalue weighted by atomic mass is 9.77. The van der Waals surface area contributed by atoms with Gasteiger partial charge in [0.1, 0.15) is 24.3 Å². The van der Waals surface area contributed by atoms with E-state index in [1.807, 2.05) is 0 Å². The Morgan fingerprint density at radius 3 is 2.46 bits per heavy atom. The molecular weight excluding hydrogens is 314 g/mol. The molecule has 0 radical (unpaired) electrons. The van der Waals surface area contributed by atoms with E-state index >= 15 is 0 Å². The molecule has 2 fully saturated rings. The molecule has 1 saturated carbocycles. The lowest BCUT2D eigenvalue weighted by Gasteiger charge is -2.35. The molecule has 4 rings (SSSR count). The SMILES string of the molecule is O[C@@H]1C[C@H]2CN(Cc3cc(F)cc(F)c3)C[C@H]2C[C@H]1n1cncn1. The molecule has 2 aromatic rings. The number of aromatic nitrogens is 3. The quantitative estimate of drug-likeness (QED) is 0.933. The maximum Gasteiger partial charge on any atom is 0.137 e. The molecule has 4 atom stereocenters. The molecule has 2 heterocycles. The Hall–Kier alpha value is -1.86. The number of aliphatic hydroxyl groups is 1. The first kappa shape index (κ1) is 15.7. The molecule has 1 aliphatic heterocycles. The van der Waals surface area contributed by atoms with Crippen molar-refractivity contribution >= 4 is 0 Å². The maximum absolute atomic E-state index is 13.4. The zero-order valence-corrected chi connectivity index (χ0v) is 13.2. The fourth-order valence-electron chi connectivity index (χ4n) is 4.27. The van der Waals surface area contributed by atoms with Crippen LogP contribution in [0.15, 0.2) is 30.9 Å². The van der Waals surface area contributed by atoms with Crippen molar-refractivity contribution in [2.75, 3.05) is 13.1 Å². The van der Waals surface area contributed by atoms with Crippen LogP contribution < -0.4 is 0 Å². The minimum Gasteiger partial charge on any atom is -0.391 e. The highest BCUT2D eigenvalue weighted by molar-refractivity contribution is 5.18. The van der Waals surface area contributed by atoms with E-state index in [-0.39, 0.29) is 6.04 Å². The van der Waals surface area contributed by atoms with Crippen molar-refractivity contribution in [2.45, 2.75) is 31.5 Å². The molecule has 1 aliphatic carbocycles. The minimum atomic E-state index is -0.539. The first-order chi connectivity index (χ1) is 11.6. The number of fused-ring (bicyclic) bond motifs is 1. The van der Waals surface area contributed by atoms with Crippen molar-refractivity contribution in [1.82, 2.24) is 19.7 Å². The molecule has 0 unspecified atom stereocenters. The predicted molar refractivity (Wildman–Crippen MR) is 82.9 cm³/mol. The minimum absolute atomic E-state index is 0.0414. The molecule has 0 amide bonds. The molecule has 0 spiro atoms. The van der Waals surface area contributed by atoms with Gasteiger partial charge in [0.2, 0.25) is 0 Å². The Balaban J connectivity index is 1.44. The fourth-order valence-corrected chi connectivity index (χ4v) is 4.27. The van der Waals surface area contributed by atoms with Crippen LogP contribution in [0.2, 0.25) is 0 Å². The molecule has 1 N–H and O–H groups in total. The molecule has 2 aliphatic rings. The third-order valence-electron chi connectivity index (χ3n) is 5.29. The second-order valence-corrected chi connectivity index (χ2v) is 6.97. The summed E-state index contributed by atoms with van der Waals surface area (Å²) in [5, 5.41) is 14.6. The summed E-state index contributed by atoms with van der Waals surface area (Å²) in [6.07, 6.45) is 4.28. The van der Waals surface area contributed by atoms with E-state index in [1.165, 1.54) is 18.5 Å². The van der Waals surface area contributed by atoms with Crippen LogP contribution in [0, 0.1) is 23.5 Å². The number of aliphatic hydroxyl groups excluding tert-OH is 1. The van der Waals surface area contributed by atoms with Gasteiger partial charge in [0.05, 0.1) is 12.1 Å². The van der Waals surface area contributed by atoms with Crippen molar-refractivity contribution < 1.29 is 13.9 Å². The number of likely N-dealkylation sites (tertiary alicyclic amines) is 1. The van der Waals surface area contributed by atoms with Crippen molar-refractivity contribution in [2.24, 2.45) is 11.8 Å². The fraction of sp³-hybridized carbons (Fsp3) is 0.529. The maximum atomic E-state index is 13.4. The van der Waals surface area contributed by atoms with Gasteiger partial charge in [0.25, 0.3) is 0 Å². The highest BCUT2D eigenvalue weighted by Crippen LogP contribution is 2.41. The topological polar surface area (TPSA) is 54.2 Å². The molecule has 5 nitrogen and oxygen atoms in total. The molecule has 128 valence electrons. The molecule has 1 saturated heterocycles. The van der Waals surface area contributed by atoms with E-state index in [9.17, 15) is 13.9 Å². The molecular formula is C17H20F2N4O. The molecule has 24 heavy (non-hydrogen) atoms. The summed E-state index contributed by atoms with van der Waals surface area (Å²) in [7, 11) is 0. The van der Waals surface area contributed by atoms with E-state index in [0.717, 1.165) is 32.0 Å². The van der Waals surface area contributed by atoms with E-state index in [2.05, 4.69) is 15.0 Å². The van der Waals surface area contributed by atoms with E-state index in [1.54, 1.807) is 11.0 Å². The van der Waals surface area contributed by atoms with Crippen LogP contribution in [0.25, 0.3) is 0 Å². The normalized spacial score (nSPS) is 30.5. The van der Waals surface area contributed by atoms with Crippen molar-refractivity contribution in [3.63, 3.8) is 0 Å². The third-order valence-corrected chi connectivity index (χ3v) is 5.29. The van der Waals surface area contributed by atoms with Gasteiger partial charge in [0.15, 0.2) is 0 Å². The van der Waals surface area contributed by atoms with Crippen LogP contribution in [0.3, 0.4) is 0 Å². The Morgan fingerprint density at radius 2 is 1.79 bits per heavy atom. The number of benzene rings is 1. The molecule has 0 bridgehead atoms. The smallest absolute Gasteiger partial charge is 0.137 e. The molecule has 1 aromatic carbocycles. The third kappa shape index (κ3) is 3.06. The summed E-state index contributed by atoms with van der Waals surface area (Å²) in [6.45, 7) is 2.26. The van der Waals surface area contributed by atoms with Crippen LogP contribution in [0.1, 0.15) is 24.4 Å². The van der Waals surface area contributed by atoms with Crippen molar-refractivity contribution in [3.8, 4) is 0 Å². The summed E-state index contributed by atoms with van der Waals surface area (Å²) < 4.78 is 28.4. The highest BCUT2D eigenvalue weighted by atomic mass is 19.1. The first-order valence-corrected chi connectivity index (χ1v) is 8.28. The van der Waals surface area contributed by atoms with E-state index in [0.29, 0.717) is 23.9 Å². The molecule has 1 aromatic heterocycles. The van der Waals surface area contributed by atoms with Gasteiger partial charge in [-0.2, -0.15) is 5.10 Å².